The van der Waals surface area contributed by atoms with Gasteiger partial charge in [0.1, 0.15) is 0 Å². The van der Waals surface area contributed by atoms with Gasteiger partial charge in [0.2, 0.25) is 0 Å². The molecule has 0 unspecified atom stereocenters. The molecular weight excluding hydrogens is 284 g/mol. The van der Waals surface area contributed by atoms with Gasteiger partial charge in [0, 0.05) is 18.2 Å². The lowest BCUT2D eigenvalue weighted by atomic mass is 10.0. The van der Waals surface area contributed by atoms with Crippen LogP contribution in [0.5, 0.6) is 0 Å². The number of hydrogen-bond donors (Lipinski definition) is 2. The van der Waals surface area contributed by atoms with Gasteiger partial charge in [-0.3, -0.25) is 5.41 Å². The van der Waals surface area contributed by atoms with E-state index in [1.807, 2.05) is 41.2 Å². The molecule has 3 aromatic rings. The van der Waals surface area contributed by atoms with Crippen molar-refractivity contribution in [2.75, 3.05) is 0 Å². The first-order valence-corrected chi connectivity index (χ1v) is 7.67. The molecule has 0 saturated heterocycles. The lowest BCUT2D eigenvalue weighted by molar-refractivity contribution is 0.882. The number of nitrogens with two attached hydrogens (primary N) is 1. The van der Waals surface area contributed by atoms with Crippen molar-refractivity contribution in [1.29, 1.82) is 5.41 Å². The first-order valence-electron chi connectivity index (χ1n) is 7.67. The van der Waals surface area contributed by atoms with Crippen molar-refractivity contribution in [2.45, 2.75) is 19.8 Å². The summed E-state index contributed by atoms with van der Waals surface area (Å²) in [7, 11) is 0. The van der Waals surface area contributed by atoms with Crippen LogP contribution in [0, 0.1) is 12.3 Å². The smallest absolute Gasteiger partial charge is 0.0959 e. The Labute approximate surface area is 136 Å². The minimum atomic E-state index is 0.201. The summed E-state index contributed by atoms with van der Waals surface area (Å²) in [4.78, 5) is 0. The van der Waals surface area contributed by atoms with Gasteiger partial charge in [0.25, 0.3) is 0 Å². The quantitative estimate of drug-likeness (QED) is 0.557. The summed E-state index contributed by atoms with van der Waals surface area (Å²) in [6.07, 6.45) is 3.29. The molecule has 1 heterocycles. The summed E-state index contributed by atoms with van der Waals surface area (Å²) in [5.74, 6) is 0.201. The van der Waals surface area contributed by atoms with Gasteiger partial charge in [-0.2, -0.15) is 5.10 Å². The van der Waals surface area contributed by atoms with Crippen LogP contribution in [0.15, 0.2) is 60.8 Å². The monoisotopic (exact) mass is 304 g/mol. The Morgan fingerprint density at radius 2 is 1.78 bits per heavy atom. The maximum atomic E-state index is 7.47. The van der Waals surface area contributed by atoms with Crippen LogP contribution in [0.3, 0.4) is 0 Å². The van der Waals surface area contributed by atoms with Crippen LogP contribution in [0.2, 0.25) is 0 Å². The van der Waals surface area contributed by atoms with E-state index in [1.165, 1.54) is 5.56 Å². The maximum absolute atomic E-state index is 7.47. The molecule has 23 heavy (non-hydrogen) atoms. The molecule has 0 aliphatic carbocycles. The molecule has 0 radical (unpaired) electrons. The molecule has 4 nitrogen and oxygen atoms in total. The molecule has 0 aliphatic rings. The Morgan fingerprint density at radius 1 is 1.09 bits per heavy atom. The van der Waals surface area contributed by atoms with E-state index in [1.54, 1.807) is 0 Å². The average molecular weight is 304 g/mol. The summed E-state index contributed by atoms with van der Waals surface area (Å²) in [5, 5.41) is 12.2. The summed E-state index contributed by atoms with van der Waals surface area (Å²) in [5.41, 5.74) is 10.9. The van der Waals surface area contributed by atoms with E-state index in [2.05, 4.69) is 31.2 Å². The van der Waals surface area contributed by atoms with E-state index in [0.717, 1.165) is 22.5 Å². The first kappa shape index (κ1) is 15.0. The molecule has 0 atom stereocenters. The zero-order valence-corrected chi connectivity index (χ0v) is 13.2. The lowest BCUT2D eigenvalue weighted by Gasteiger charge is -2.02. The van der Waals surface area contributed by atoms with Crippen LogP contribution in [-0.4, -0.2) is 15.6 Å². The van der Waals surface area contributed by atoms with E-state index >= 15 is 0 Å². The topological polar surface area (TPSA) is 67.7 Å². The second kappa shape index (κ2) is 6.48. The number of rotatable bonds is 5. The van der Waals surface area contributed by atoms with Gasteiger partial charge in [-0.05, 0) is 31.0 Å². The zero-order chi connectivity index (χ0) is 16.2. The lowest BCUT2D eigenvalue weighted by Crippen LogP contribution is -2.10. The first-order chi connectivity index (χ1) is 11.1. The number of amidine groups is 1. The summed E-state index contributed by atoms with van der Waals surface area (Å²) >= 11 is 0. The normalized spacial score (nSPS) is 10.7. The number of aromatic nitrogens is 2. The fourth-order valence-corrected chi connectivity index (χ4v) is 2.53. The average Bonchev–Trinajstić information content (AvgIpc) is 2.99. The van der Waals surface area contributed by atoms with E-state index in [-0.39, 0.29) is 5.84 Å². The molecule has 0 bridgehead atoms. The van der Waals surface area contributed by atoms with Crippen molar-refractivity contribution >= 4 is 5.84 Å². The largest absolute Gasteiger partial charge is 0.388 e. The Bertz CT molecular complexity index is 801. The highest BCUT2D eigenvalue weighted by atomic mass is 15.3. The van der Waals surface area contributed by atoms with E-state index < -0.39 is 0 Å². The Balaban J connectivity index is 2.03. The summed E-state index contributed by atoms with van der Waals surface area (Å²) in [6.45, 7) is 2.07. The fourth-order valence-electron chi connectivity index (χ4n) is 2.53. The molecule has 116 valence electrons. The zero-order valence-electron chi connectivity index (χ0n) is 13.2. The molecule has 0 aliphatic heterocycles. The number of aryl methyl sites for hydroxylation is 2. The highest BCUT2D eigenvalue weighted by molar-refractivity contribution is 5.77. The molecule has 0 saturated carbocycles. The van der Waals surface area contributed by atoms with Gasteiger partial charge in [-0.1, -0.05) is 48.0 Å². The molecule has 3 rings (SSSR count). The third kappa shape index (κ3) is 3.48. The Kier molecular flexibility index (Phi) is 4.24. The van der Waals surface area contributed by atoms with Crippen molar-refractivity contribution in [2.24, 2.45) is 5.73 Å². The number of nitrogens with one attached hydrogen (secondary N) is 1. The summed E-state index contributed by atoms with van der Waals surface area (Å²) < 4.78 is 1.89. The van der Waals surface area contributed by atoms with Gasteiger partial charge in [0.15, 0.2) is 0 Å². The molecule has 0 fully saturated rings. The number of nitrogens with zero attached hydrogens (tertiary/aromatic N) is 2. The standard InChI is InChI=1S/C19H20N4/c1-14-7-9-15(10-8-14)19-16(11-12-18(20)21)13-23(22-19)17-5-3-2-4-6-17/h2-10,13H,11-12H2,1H3,(H3,20,21). The number of benzene rings is 2. The van der Waals surface area contributed by atoms with Gasteiger partial charge < -0.3 is 5.73 Å². The highest BCUT2D eigenvalue weighted by Gasteiger charge is 2.12. The second-order valence-corrected chi connectivity index (χ2v) is 5.67. The third-order valence-corrected chi connectivity index (χ3v) is 3.80. The number of para-hydroxylation sites is 1. The second-order valence-electron chi connectivity index (χ2n) is 5.67. The van der Waals surface area contributed by atoms with Gasteiger partial charge in [0.05, 0.1) is 17.2 Å². The van der Waals surface area contributed by atoms with Crippen molar-refractivity contribution in [3.8, 4) is 16.9 Å². The Morgan fingerprint density at radius 3 is 2.43 bits per heavy atom. The predicted molar refractivity (Wildman–Crippen MR) is 94.0 cm³/mol. The minimum Gasteiger partial charge on any atom is -0.388 e. The van der Waals surface area contributed by atoms with Crippen LogP contribution in [0.1, 0.15) is 17.5 Å². The SMILES string of the molecule is Cc1ccc(-c2nn(-c3ccccc3)cc2CCC(=N)N)cc1. The molecule has 2 aromatic carbocycles. The molecular formula is C19H20N4. The molecule has 1 aromatic heterocycles. The third-order valence-electron chi connectivity index (χ3n) is 3.80. The number of hydrogen-bond acceptors (Lipinski definition) is 2. The van der Waals surface area contributed by atoms with Crippen LogP contribution in [0.25, 0.3) is 16.9 Å². The van der Waals surface area contributed by atoms with Gasteiger partial charge in [-0.25, -0.2) is 4.68 Å². The molecule has 0 spiro atoms. The predicted octanol–water partition coefficient (Wildman–Crippen LogP) is 3.72. The van der Waals surface area contributed by atoms with Crippen LogP contribution < -0.4 is 5.73 Å². The van der Waals surface area contributed by atoms with Gasteiger partial charge in [-0.15, -0.1) is 0 Å². The van der Waals surface area contributed by atoms with E-state index in [4.69, 9.17) is 16.2 Å². The molecule has 0 amide bonds. The minimum absolute atomic E-state index is 0.201. The van der Waals surface area contributed by atoms with Crippen LogP contribution in [-0.2, 0) is 6.42 Å². The van der Waals surface area contributed by atoms with E-state index in [9.17, 15) is 0 Å². The van der Waals surface area contributed by atoms with Crippen molar-refractivity contribution in [1.82, 2.24) is 9.78 Å². The summed E-state index contributed by atoms with van der Waals surface area (Å²) in [6, 6.07) is 18.4. The van der Waals surface area contributed by atoms with Crippen molar-refractivity contribution < 1.29 is 0 Å². The maximum Gasteiger partial charge on any atom is 0.0959 e. The molecule has 4 heteroatoms. The van der Waals surface area contributed by atoms with E-state index in [0.29, 0.717) is 12.8 Å². The van der Waals surface area contributed by atoms with Crippen molar-refractivity contribution in [3.63, 3.8) is 0 Å². The van der Waals surface area contributed by atoms with Crippen LogP contribution >= 0.6 is 0 Å². The Hall–Kier alpha value is -2.88. The fraction of sp³-hybridized carbons (Fsp3) is 0.158. The molecule has 3 N–H and O–H groups in total. The van der Waals surface area contributed by atoms with Gasteiger partial charge >= 0.3 is 0 Å². The van der Waals surface area contributed by atoms with Crippen molar-refractivity contribution in [3.05, 3.63) is 71.9 Å². The highest BCUT2D eigenvalue weighted by Crippen LogP contribution is 2.25. The van der Waals surface area contributed by atoms with Crippen LogP contribution in [0.4, 0.5) is 0 Å².